The van der Waals surface area contributed by atoms with Crippen molar-refractivity contribution < 1.29 is 9.90 Å². The first-order valence-corrected chi connectivity index (χ1v) is 5.93. The molecule has 4 heteroatoms. The lowest BCUT2D eigenvalue weighted by molar-refractivity contribution is -0.138. The Kier molecular flexibility index (Phi) is 2.99. The summed E-state index contributed by atoms with van der Waals surface area (Å²) in [7, 11) is 0. The van der Waals surface area contributed by atoms with Crippen molar-refractivity contribution in [2.45, 2.75) is 51.5 Å². The first-order chi connectivity index (χ1) is 7.65. The maximum absolute atomic E-state index is 11.0. The highest BCUT2D eigenvalue weighted by atomic mass is 16.4. The van der Waals surface area contributed by atoms with Crippen molar-refractivity contribution in [2.75, 3.05) is 0 Å². The number of nitrogens with zero attached hydrogens (tertiary/aromatic N) is 2. The van der Waals surface area contributed by atoms with Crippen LogP contribution in [0, 0.1) is 0 Å². The van der Waals surface area contributed by atoms with Gasteiger partial charge in [-0.1, -0.05) is 6.42 Å². The smallest absolute Gasteiger partial charge is 0.310 e. The number of carboxylic acids is 1. The Morgan fingerprint density at radius 2 is 2.38 bits per heavy atom. The van der Waals surface area contributed by atoms with Crippen LogP contribution >= 0.6 is 0 Å². The number of aliphatic carboxylic acids is 1. The fraction of sp³-hybridized carbons (Fsp3) is 0.667. The number of carboxylic acid groups (broad SMARTS) is 1. The molecule has 0 saturated heterocycles. The van der Waals surface area contributed by atoms with Gasteiger partial charge in [0.2, 0.25) is 0 Å². The summed E-state index contributed by atoms with van der Waals surface area (Å²) >= 11 is 0. The second-order valence-electron chi connectivity index (χ2n) is 4.49. The third-order valence-electron chi connectivity index (χ3n) is 3.54. The van der Waals surface area contributed by atoms with E-state index in [1.54, 1.807) is 13.1 Å². The van der Waals surface area contributed by atoms with Crippen LogP contribution in [-0.2, 0) is 11.3 Å². The maximum atomic E-state index is 11.0. The van der Waals surface area contributed by atoms with Gasteiger partial charge in [-0.05, 0) is 26.7 Å². The Bertz CT molecular complexity index is 394. The molecule has 1 unspecified atom stereocenters. The molecule has 1 N–H and O–H groups in total. The quantitative estimate of drug-likeness (QED) is 0.850. The topological polar surface area (TPSA) is 55.1 Å². The summed E-state index contributed by atoms with van der Waals surface area (Å²) in [6.07, 6.45) is 5.33. The zero-order valence-electron chi connectivity index (χ0n) is 9.81. The van der Waals surface area contributed by atoms with Gasteiger partial charge in [0.25, 0.3) is 0 Å². The lowest BCUT2D eigenvalue weighted by atomic mass is 9.80. The molecule has 0 aliphatic heterocycles. The largest absolute Gasteiger partial charge is 0.481 e. The van der Waals surface area contributed by atoms with Gasteiger partial charge < -0.3 is 5.11 Å². The van der Waals surface area contributed by atoms with Crippen molar-refractivity contribution >= 4 is 5.97 Å². The fourth-order valence-electron chi connectivity index (χ4n) is 2.26. The van der Waals surface area contributed by atoms with Crippen LogP contribution in [0.3, 0.4) is 0 Å². The highest BCUT2D eigenvalue weighted by Gasteiger charge is 2.29. The monoisotopic (exact) mass is 222 g/mol. The number of hydrogen-bond donors (Lipinski definition) is 1. The summed E-state index contributed by atoms with van der Waals surface area (Å²) in [4.78, 5) is 11.0. The van der Waals surface area contributed by atoms with Gasteiger partial charge >= 0.3 is 5.97 Å². The molecule has 1 aromatic heterocycles. The highest BCUT2D eigenvalue weighted by molar-refractivity contribution is 5.75. The maximum Gasteiger partial charge on any atom is 0.310 e. The molecule has 1 aliphatic rings. The summed E-state index contributed by atoms with van der Waals surface area (Å²) in [5.74, 6) is -0.689. The minimum atomic E-state index is -0.767. The van der Waals surface area contributed by atoms with Gasteiger partial charge in [0.05, 0.1) is 12.1 Å². The number of carbonyl (C=O) groups is 1. The third-order valence-corrected chi connectivity index (χ3v) is 3.54. The summed E-state index contributed by atoms with van der Waals surface area (Å²) in [6.45, 7) is 4.60. The van der Waals surface area contributed by atoms with Crippen molar-refractivity contribution in [3.63, 3.8) is 0 Å². The van der Waals surface area contributed by atoms with Crippen LogP contribution < -0.4 is 0 Å². The van der Waals surface area contributed by atoms with Crippen LogP contribution in [0.5, 0.6) is 0 Å². The van der Waals surface area contributed by atoms with E-state index < -0.39 is 11.9 Å². The molecule has 4 nitrogen and oxygen atoms in total. The van der Waals surface area contributed by atoms with E-state index in [2.05, 4.69) is 5.10 Å². The van der Waals surface area contributed by atoms with E-state index in [4.69, 9.17) is 5.11 Å². The summed E-state index contributed by atoms with van der Waals surface area (Å²) in [6, 6.07) is 0. The molecule has 0 spiro atoms. The van der Waals surface area contributed by atoms with Crippen molar-refractivity contribution in [3.05, 3.63) is 17.5 Å². The third kappa shape index (κ3) is 1.72. The van der Waals surface area contributed by atoms with Gasteiger partial charge in [-0.15, -0.1) is 0 Å². The van der Waals surface area contributed by atoms with Crippen LogP contribution in [0.4, 0.5) is 0 Å². The Balaban J connectivity index is 2.36. The van der Waals surface area contributed by atoms with Crippen molar-refractivity contribution in [3.8, 4) is 0 Å². The van der Waals surface area contributed by atoms with Gasteiger partial charge in [-0.25, -0.2) is 0 Å². The van der Waals surface area contributed by atoms with E-state index in [0.717, 1.165) is 17.8 Å². The molecule has 0 bridgehead atoms. The predicted molar refractivity (Wildman–Crippen MR) is 60.5 cm³/mol. The molecule has 1 heterocycles. The number of aromatic nitrogens is 2. The van der Waals surface area contributed by atoms with Crippen molar-refractivity contribution in [2.24, 2.45) is 0 Å². The molecular formula is C12H18N2O2. The van der Waals surface area contributed by atoms with E-state index in [1.807, 2.05) is 11.6 Å². The Morgan fingerprint density at radius 1 is 1.69 bits per heavy atom. The molecule has 0 amide bonds. The van der Waals surface area contributed by atoms with Gasteiger partial charge in [0.1, 0.15) is 0 Å². The van der Waals surface area contributed by atoms with E-state index in [1.165, 1.54) is 19.3 Å². The molecule has 1 saturated carbocycles. The van der Waals surface area contributed by atoms with Crippen molar-refractivity contribution in [1.29, 1.82) is 0 Å². The van der Waals surface area contributed by atoms with Crippen LogP contribution in [0.2, 0.25) is 0 Å². The molecule has 1 atom stereocenters. The normalized spacial score (nSPS) is 18.1. The molecule has 2 rings (SSSR count). The lowest BCUT2D eigenvalue weighted by Gasteiger charge is -2.28. The molecule has 1 fully saturated rings. The molecule has 1 aliphatic carbocycles. The first kappa shape index (κ1) is 11.2. The Hall–Kier alpha value is -1.32. The minimum absolute atomic E-state index is 0.448. The molecule has 88 valence electrons. The summed E-state index contributed by atoms with van der Waals surface area (Å²) in [5.41, 5.74) is 2.06. The zero-order chi connectivity index (χ0) is 11.7. The SMILES string of the molecule is CCn1ncc(C(C)C(=O)O)c1C1CCC1. The second-order valence-corrected chi connectivity index (χ2v) is 4.49. The average Bonchev–Trinajstić information content (AvgIpc) is 2.57. The standard InChI is InChI=1S/C12H18N2O2/c1-3-14-11(9-5-4-6-9)10(7-13-14)8(2)12(15)16/h7-9H,3-6H2,1-2H3,(H,15,16). The Labute approximate surface area is 95.3 Å². The summed E-state index contributed by atoms with van der Waals surface area (Å²) in [5, 5.41) is 13.4. The molecule has 0 radical (unpaired) electrons. The van der Waals surface area contributed by atoms with Gasteiger partial charge in [-0.2, -0.15) is 5.10 Å². The van der Waals surface area contributed by atoms with Crippen LogP contribution in [-0.4, -0.2) is 20.9 Å². The summed E-state index contributed by atoms with van der Waals surface area (Å²) < 4.78 is 1.96. The predicted octanol–water partition coefficient (Wildman–Crippen LogP) is 2.36. The van der Waals surface area contributed by atoms with Crippen LogP contribution in [0.15, 0.2) is 6.20 Å². The van der Waals surface area contributed by atoms with Crippen LogP contribution in [0.1, 0.15) is 56.2 Å². The lowest BCUT2D eigenvalue weighted by Crippen LogP contribution is -2.18. The highest BCUT2D eigenvalue weighted by Crippen LogP contribution is 2.39. The van der Waals surface area contributed by atoms with E-state index in [-0.39, 0.29) is 0 Å². The van der Waals surface area contributed by atoms with Gasteiger partial charge in [-0.3, -0.25) is 9.48 Å². The average molecular weight is 222 g/mol. The van der Waals surface area contributed by atoms with E-state index in [9.17, 15) is 4.79 Å². The van der Waals surface area contributed by atoms with E-state index >= 15 is 0 Å². The van der Waals surface area contributed by atoms with Crippen LogP contribution in [0.25, 0.3) is 0 Å². The number of hydrogen-bond acceptors (Lipinski definition) is 2. The molecule has 1 aromatic rings. The zero-order valence-corrected chi connectivity index (χ0v) is 9.81. The fourth-order valence-corrected chi connectivity index (χ4v) is 2.26. The van der Waals surface area contributed by atoms with E-state index in [0.29, 0.717) is 5.92 Å². The minimum Gasteiger partial charge on any atom is -0.481 e. The Morgan fingerprint density at radius 3 is 2.81 bits per heavy atom. The van der Waals surface area contributed by atoms with Gasteiger partial charge in [0, 0.05) is 23.7 Å². The second kappa shape index (κ2) is 4.28. The molecular weight excluding hydrogens is 204 g/mol. The first-order valence-electron chi connectivity index (χ1n) is 5.93. The molecule has 0 aromatic carbocycles. The number of aryl methyl sites for hydroxylation is 1. The molecule has 16 heavy (non-hydrogen) atoms. The van der Waals surface area contributed by atoms with Crippen molar-refractivity contribution in [1.82, 2.24) is 9.78 Å². The number of rotatable bonds is 4. The van der Waals surface area contributed by atoms with Gasteiger partial charge in [0.15, 0.2) is 0 Å².